The van der Waals surface area contributed by atoms with E-state index in [2.05, 4.69) is 15.0 Å². The van der Waals surface area contributed by atoms with Crippen molar-refractivity contribution in [3.63, 3.8) is 0 Å². The molecule has 1 aliphatic rings. The standard InChI is InChI=1S/C15H22N6O5S.C3H8O4S/c1-27(3-2-7(16)15(24)25)4-8-10(22)11(23)14(26-8)21-6-20-9-12(17)18-5-19-13(9)21;4-2-1-3-8(5,6)7/h5-8,10-11,14,22-23H,2-4,16H2,1H3,(H2-,17,18,19,24,25);4H,1-3H2,(H,5,6,7)/t7-,8+,10+,11+,14+,27?;/m0./s1. The molecule has 35 heavy (non-hydrogen) atoms. The van der Waals surface area contributed by atoms with Crippen LogP contribution in [0.25, 0.3) is 11.2 Å². The van der Waals surface area contributed by atoms with Crippen molar-refractivity contribution in [1.82, 2.24) is 19.5 Å². The number of anilines is 1. The summed E-state index contributed by atoms with van der Waals surface area (Å²) in [5, 5.41) is 37.7. The molecule has 15 nitrogen and oxygen atoms in total. The van der Waals surface area contributed by atoms with Crippen LogP contribution in [-0.4, -0.2) is 113 Å². The molecule has 6 atom stereocenters. The number of hydrogen-bond acceptors (Lipinski definition) is 13. The fourth-order valence-corrected chi connectivity index (χ4v) is 5.35. The van der Waals surface area contributed by atoms with Gasteiger partial charge in [-0.3, -0.25) is 9.36 Å². The molecule has 198 valence electrons. The maximum atomic E-state index is 10.8. The Morgan fingerprint density at radius 1 is 1.31 bits per heavy atom. The van der Waals surface area contributed by atoms with E-state index in [9.17, 15) is 28.0 Å². The van der Waals surface area contributed by atoms with E-state index in [1.54, 1.807) is 0 Å². The first kappa shape index (κ1) is 29.1. The van der Waals surface area contributed by atoms with Crippen LogP contribution in [0.1, 0.15) is 19.1 Å². The van der Waals surface area contributed by atoms with Gasteiger partial charge in [0.15, 0.2) is 17.7 Å². The molecule has 1 unspecified atom stereocenters. The Kier molecular flexibility index (Phi) is 10.6. The van der Waals surface area contributed by atoms with Gasteiger partial charge >= 0.3 is 5.97 Å². The van der Waals surface area contributed by atoms with Crippen molar-refractivity contribution in [3.8, 4) is 0 Å². The molecule has 1 fully saturated rings. The first-order valence-corrected chi connectivity index (χ1v) is 14.0. The molecule has 17 heteroatoms. The van der Waals surface area contributed by atoms with Crippen LogP contribution in [0.5, 0.6) is 0 Å². The van der Waals surface area contributed by atoms with E-state index >= 15 is 0 Å². The van der Waals surface area contributed by atoms with Crippen LogP contribution in [0.2, 0.25) is 0 Å². The van der Waals surface area contributed by atoms with Crippen LogP contribution in [0.4, 0.5) is 5.82 Å². The summed E-state index contributed by atoms with van der Waals surface area (Å²) in [7, 11) is -4.33. The number of hydrogen-bond donors (Lipinski definition) is 6. The molecule has 3 heterocycles. The molecule has 0 aliphatic carbocycles. The van der Waals surface area contributed by atoms with Gasteiger partial charge in [-0.15, -0.1) is 0 Å². The summed E-state index contributed by atoms with van der Waals surface area (Å²) in [6.07, 6.45) is 1.34. The summed E-state index contributed by atoms with van der Waals surface area (Å²) in [5.41, 5.74) is 12.1. The molecule has 8 N–H and O–H groups in total. The minimum atomic E-state index is -4.10. The minimum absolute atomic E-state index is 0.0336. The number of aliphatic carboxylic acids is 1. The zero-order valence-corrected chi connectivity index (χ0v) is 20.5. The molecule has 0 bridgehead atoms. The lowest BCUT2D eigenvalue weighted by Gasteiger charge is -2.16. The number of aliphatic hydroxyl groups excluding tert-OH is 3. The highest BCUT2D eigenvalue weighted by Crippen LogP contribution is 2.32. The minimum Gasteiger partial charge on any atom is -0.748 e. The normalized spacial score (nSPS) is 24.1. The third-order valence-electron chi connectivity index (χ3n) is 5.09. The Hall–Kier alpha value is -2.12. The van der Waals surface area contributed by atoms with E-state index in [1.807, 2.05) is 6.26 Å². The summed E-state index contributed by atoms with van der Waals surface area (Å²) in [6.45, 7) is -0.249. The lowest BCUT2D eigenvalue weighted by Crippen LogP contribution is -2.37. The van der Waals surface area contributed by atoms with Gasteiger partial charge in [0.25, 0.3) is 0 Å². The van der Waals surface area contributed by atoms with E-state index in [0.29, 0.717) is 29.1 Å². The number of rotatable bonds is 10. The molecular formula is C18H30N6O9S2. The van der Waals surface area contributed by atoms with Crippen molar-refractivity contribution in [3.05, 3.63) is 12.7 Å². The third kappa shape index (κ3) is 8.21. The fourth-order valence-electron chi connectivity index (χ4n) is 3.21. The Labute approximate surface area is 204 Å². The second-order valence-electron chi connectivity index (χ2n) is 7.85. The summed E-state index contributed by atoms with van der Waals surface area (Å²) >= 11 is 0. The van der Waals surface area contributed by atoms with Crippen LogP contribution in [0.3, 0.4) is 0 Å². The van der Waals surface area contributed by atoms with E-state index in [0.717, 1.165) is 0 Å². The number of aliphatic hydroxyl groups is 3. The van der Waals surface area contributed by atoms with E-state index in [1.165, 1.54) is 17.2 Å². The highest BCUT2D eigenvalue weighted by Gasteiger charge is 2.46. The lowest BCUT2D eigenvalue weighted by atomic mass is 10.1. The Morgan fingerprint density at radius 2 is 2.00 bits per heavy atom. The fraction of sp³-hybridized carbons (Fsp3) is 0.667. The Morgan fingerprint density at radius 3 is 2.57 bits per heavy atom. The molecule has 1 saturated heterocycles. The molecule has 0 amide bonds. The van der Waals surface area contributed by atoms with Gasteiger partial charge in [-0.05, 0) is 17.3 Å². The molecule has 2 aromatic rings. The second-order valence-corrected chi connectivity index (χ2v) is 11.7. The van der Waals surface area contributed by atoms with Crippen LogP contribution in [0.15, 0.2) is 12.7 Å². The third-order valence-corrected chi connectivity index (χ3v) is 7.71. The van der Waals surface area contributed by atoms with Crippen molar-refractivity contribution >= 4 is 44.0 Å². The first-order chi connectivity index (χ1) is 16.4. The van der Waals surface area contributed by atoms with Crippen molar-refractivity contribution in [1.29, 1.82) is 0 Å². The number of ether oxygens (including phenoxy) is 1. The summed E-state index contributed by atoms with van der Waals surface area (Å²) in [6, 6.07) is -0.907. The largest absolute Gasteiger partial charge is 0.748 e. The number of fused-ring (bicyclic) bond motifs is 1. The zero-order chi connectivity index (χ0) is 26.3. The average Bonchev–Trinajstić information content (AvgIpc) is 3.33. The summed E-state index contributed by atoms with van der Waals surface area (Å²) in [4.78, 5) is 23.0. The molecule has 3 rings (SSSR count). The molecule has 0 aromatic carbocycles. The van der Waals surface area contributed by atoms with Gasteiger partial charge in [-0.25, -0.2) is 23.4 Å². The van der Waals surface area contributed by atoms with Crippen LogP contribution in [-0.2, 0) is 30.5 Å². The van der Waals surface area contributed by atoms with Crippen molar-refractivity contribution in [2.75, 3.05) is 35.9 Å². The van der Waals surface area contributed by atoms with Crippen LogP contribution in [0, 0.1) is 0 Å². The van der Waals surface area contributed by atoms with E-state index in [-0.39, 0.29) is 29.7 Å². The Bertz CT molecular complexity index is 1090. The van der Waals surface area contributed by atoms with E-state index < -0.39 is 52.4 Å². The van der Waals surface area contributed by atoms with Gasteiger partial charge in [0.05, 0.1) is 22.7 Å². The Balaban J connectivity index is 0.000000466. The monoisotopic (exact) mass is 538 g/mol. The molecular weight excluding hydrogens is 508 g/mol. The summed E-state index contributed by atoms with van der Waals surface area (Å²) in [5.74, 6) is -0.214. The molecule has 1 aliphatic heterocycles. The van der Waals surface area contributed by atoms with Crippen LogP contribution < -0.4 is 11.5 Å². The second kappa shape index (κ2) is 12.7. The highest BCUT2D eigenvalue weighted by atomic mass is 32.2. The maximum absolute atomic E-state index is 10.8. The predicted octanol–water partition coefficient (Wildman–Crippen LogP) is -3.01. The number of nitrogen functional groups attached to an aromatic ring is 1. The van der Waals surface area contributed by atoms with Gasteiger partial charge in [-0.1, -0.05) is 0 Å². The highest BCUT2D eigenvalue weighted by molar-refractivity contribution is 7.96. The zero-order valence-electron chi connectivity index (χ0n) is 18.9. The van der Waals surface area contributed by atoms with Crippen molar-refractivity contribution in [2.45, 2.75) is 43.4 Å². The van der Waals surface area contributed by atoms with Crippen LogP contribution >= 0.6 is 0 Å². The predicted molar refractivity (Wildman–Crippen MR) is 125 cm³/mol. The summed E-state index contributed by atoms with van der Waals surface area (Å²) < 4.78 is 36.6. The van der Waals surface area contributed by atoms with E-state index in [4.69, 9.17) is 26.4 Å². The molecule has 0 saturated carbocycles. The SMILES string of the molecule is C[S+](CC[C@H](N)C(=O)O)C[C@H]1O[C@@H](n2cnc3c(N)ncnc32)[C@H](O)[C@@H]1O.O=S(=O)([O-])CCCO. The number of carboxylic acid groups (broad SMARTS) is 1. The van der Waals surface area contributed by atoms with Gasteiger partial charge in [0, 0.05) is 18.8 Å². The number of carboxylic acids is 1. The number of aromatic nitrogens is 4. The average molecular weight is 539 g/mol. The van der Waals surface area contributed by atoms with Gasteiger partial charge in [-0.2, -0.15) is 0 Å². The quantitative estimate of drug-likeness (QED) is 0.130. The molecule has 0 spiro atoms. The van der Waals surface area contributed by atoms with Gasteiger partial charge in [0.1, 0.15) is 47.7 Å². The number of nitrogens with two attached hydrogens (primary N) is 2. The van der Waals surface area contributed by atoms with Gasteiger partial charge in [0.2, 0.25) is 0 Å². The maximum Gasteiger partial charge on any atom is 0.320 e. The first-order valence-electron chi connectivity index (χ1n) is 10.4. The topological polar surface area (TPSA) is 260 Å². The lowest BCUT2D eigenvalue weighted by molar-refractivity contribution is -0.138. The number of imidazole rings is 1. The van der Waals surface area contributed by atoms with Crippen molar-refractivity contribution in [2.24, 2.45) is 5.73 Å². The van der Waals surface area contributed by atoms with Crippen molar-refractivity contribution < 1.29 is 42.9 Å². The van der Waals surface area contributed by atoms with Gasteiger partial charge < -0.3 is 41.2 Å². The smallest absolute Gasteiger partial charge is 0.320 e. The molecule has 0 radical (unpaired) electrons. The number of carbonyl (C=O) groups is 1. The molecule has 2 aromatic heterocycles. The number of nitrogens with zero attached hydrogens (tertiary/aromatic N) is 4.